The first-order chi connectivity index (χ1) is 21.1. The lowest BCUT2D eigenvalue weighted by atomic mass is 10.1. The highest BCUT2D eigenvalue weighted by atomic mass is 35.5. The van der Waals surface area contributed by atoms with E-state index in [0.29, 0.717) is 44.4 Å². The number of non-ortho nitro benzene ring substituents is 1. The molecule has 4 aromatic rings. The second kappa shape index (κ2) is 15.0. The molecule has 0 radical (unpaired) electrons. The minimum absolute atomic E-state index is 0.0110. The van der Waals surface area contributed by atoms with Crippen molar-refractivity contribution < 1.29 is 19.3 Å². The smallest absolute Gasteiger partial charge is 0.272 e. The number of nitro groups is 1. The number of carbonyl (C=O) groups is 3. The Kier molecular flexibility index (Phi) is 10.9. The number of halogens is 1. The number of rotatable bonds is 11. The molecule has 1 atom stereocenters. The van der Waals surface area contributed by atoms with Crippen molar-refractivity contribution in [2.75, 3.05) is 10.6 Å². The number of hydrogen-bond acceptors (Lipinski definition) is 6. The van der Waals surface area contributed by atoms with Crippen molar-refractivity contribution in [3.8, 4) is 0 Å². The molecule has 4 aromatic carbocycles. The average Bonchev–Trinajstić information content (AvgIpc) is 3.02. The van der Waals surface area contributed by atoms with Crippen molar-refractivity contribution in [2.45, 2.75) is 30.4 Å². The van der Waals surface area contributed by atoms with Crippen LogP contribution in [0.25, 0.3) is 6.08 Å². The van der Waals surface area contributed by atoms with Crippen LogP contribution in [-0.2, 0) is 9.59 Å². The summed E-state index contributed by atoms with van der Waals surface area (Å²) < 4.78 is 0. The summed E-state index contributed by atoms with van der Waals surface area (Å²) in [6.07, 6.45) is 1.99. The van der Waals surface area contributed by atoms with Gasteiger partial charge in [-0.05, 0) is 66.9 Å². The largest absolute Gasteiger partial charge is 0.325 e. The average molecular weight is 629 g/mol. The van der Waals surface area contributed by atoms with Gasteiger partial charge in [0, 0.05) is 33.3 Å². The number of aryl methyl sites for hydroxylation is 1. The van der Waals surface area contributed by atoms with Crippen molar-refractivity contribution in [3.63, 3.8) is 0 Å². The maximum absolute atomic E-state index is 13.4. The third kappa shape index (κ3) is 8.56. The van der Waals surface area contributed by atoms with Crippen LogP contribution in [0.4, 0.5) is 17.1 Å². The van der Waals surface area contributed by atoms with E-state index in [1.54, 1.807) is 85.8 Å². The molecule has 0 aromatic heterocycles. The zero-order valence-corrected chi connectivity index (χ0v) is 25.4. The molecule has 3 N–H and O–H groups in total. The maximum atomic E-state index is 13.4. The molecule has 3 amide bonds. The third-order valence-corrected chi connectivity index (χ3v) is 8.16. The molecule has 1 unspecified atom stereocenters. The van der Waals surface area contributed by atoms with Gasteiger partial charge in [-0.1, -0.05) is 67.1 Å². The molecular weight excluding hydrogens is 600 g/mol. The molecule has 0 heterocycles. The minimum Gasteiger partial charge on any atom is -0.325 e. The second-order valence-corrected chi connectivity index (χ2v) is 11.3. The highest BCUT2D eigenvalue weighted by molar-refractivity contribution is 8.00. The molecule has 0 aliphatic heterocycles. The van der Waals surface area contributed by atoms with E-state index in [2.05, 4.69) is 16.0 Å². The topological polar surface area (TPSA) is 130 Å². The van der Waals surface area contributed by atoms with Gasteiger partial charge in [-0.15, -0.1) is 11.8 Å². The summed E-state index contributed by atoms with van der Waals surface area (Å²) in [5.74, 6) is -1.33. The van der Waals surface area contributed by atoms with Gasteiger partial charge in [0.25, 0.3) is 17.5 Å². The number of benzene rings is 4. The Bertz CT molecular complexity index is 1730. The molecule has 0 aliphatic rings. The first kappa shape index (κ1) is 32.0. The van der Waals surface area contributed by atoms with Crippen molar-refractivity contribution in [2.24, 2.45) is 0 Å². The van der Waals surface area contributed by atoms with E-state index in [4.69, 9.17) is 11.6 Å². The number of carbonyl (C=O) groups excluding carboxylic acids is 3. The molecule has 0 saturated carbocycles. The van der Waals surface area contributed by atoms with E-state index in [9.17, 15) is 24.5 Å². The number of amides is 3. The Labute approximate surface area is 263 Å². The molecule has 0 saturated heterocycles. The third-order valence-electron chi connectivity index (χ3n) is 6.46. The van der Waals surface area contributed by atoms with Crippen LogP contribution in [-0.4, -0.2) is 27.9 Å². The summed E-state index contributed by atoms with van der Waals surface area (Å²) in [5, 5.41) is 19.4. The molecular formula is C33H29ClN4O5S. The second-order valence-electron chi connectivity index (χ2n) is 9.64. The van der Waals surface area contributed by atoms with E-state index >= 15 is 0 Å². The fourth-order valence-electron chi connectivity index (χ4n) is 4.09. The summed E-state index contributed by atoms with van der Waals surface area (Å²) >= 11 is 7.62. The van der Waals surface area contributed by atoms with Crippen molar-refractivity contribution in [1.82, 2.24) is 5.32 Å². The molecule has 224 valence electrons. The number of anilines is 2. The molecule has 0 spiro atoms. The van der Waals surface area contributed by atoms with Crippen LogP contribution < -0.4 is 16.0 Å². The fraction of sp³-hybridized carbons (Fsp3) is 0.121. The zero-order valence-electron chi connectivity index (χ0n) is 23.9. The molecule has 9 nitrogen and oxygen atoms in total. The summed E-state index contributed by atoms with van der Waals surface area (Å²) in [5.41, 5.74) is 2.33. The standard InChI is InChI=1S/C33H29ClN4O5S/c1-3-30(33(41)36-28-20-25(38(42)43)17-16-21(28)2)44-26-14-9-13-24(19-26)35-32(40)29(18-23-12-7-8-15-27(23)34)37-31(39)22-10-5-4-6-11-22/h4-20,30H,3H2,1-2H3,(H,35,40)(H,36,41)(H,37,39)/b29-18+. The lowest BCUT2D eigenvalue weighted by Gasteiger charge is -2.17. The Morgan fingerprint density at radius 2 is 1.66 bits per heavy atom. The highest BCUT2D eigenvalue weighted by Crippen LogP contribution is 2.30. The van der Waals surface area contributed by atoms with Gasteiger partial charge in [-0.3, -0.25) is 24.5 Å². The van der Waals surface area contributed by atoms with Gasteiger partial charge >= 0.3 is 0 Å². The normalized spacial score (nSPS) is 11.8. The van der Waals surface area contributed by atoms with E-state index in [1.165, 1.54) is 30.0 Å². The van der Waals surface area contributed by atoms with E-state index in [1.807, 2.05) is 13.0 Å². The lowest BCUT2D eigenvalue weighted by molar-refractivity contribution is -0.384. The van der Waals surface area contributed by atoms with Gasteiger partial charge in [-0.25, -0.2) is 0 Å². The maximum Gasteiger partial charge on any atom is 0.272 e. The summed E-state index contributed by atoms with van der Waals surface area (Å²) in [6.45, 7) is 3.63. The first-order valence-electron chi connectivity index (χ1n) is 13.6. The van der Waals surface area contributed by atoms with E-state index in [0.717, 1.165) is 0 Å². The zero-order chi connectivity index (χ0) is 31.6. The van der Waals surface area contributed by atoms with Crippen LogP contribution in [0.2, 0.25) is 5.02 Å². The highest BCUT2D eigenvalue weighted by Gasteiger charge is 2.21. The minimum atomic E-state index is -0.567. The molecule has 44 heavy (non-hydrogen) atoms. The van der Waals surface area contributed by atoms with Crippen LogP contribution in [0.5, 0.6) is 0 Å². The number of nitro benzene ring substituents is 1. The van der Waals surface area contributed by atoms with Crippen LogP contribution in [0.3, 0.4) is 0 Å². The summed E-state index contributed by atoms with van der Waals surface area (Å²) in [7, 11) is 0. The van der Waals surface area contributed by atoms with Crippen LogP contribution >= 0.6 is 23.4 Å². The van der Waals surface area contributed by atoms with Gasteiger partial charge in [0.05, 0.1) is 15.9 Å². The van der Waals surface area contributed by atoms with Gasteiger partial charge in [0.2, 0.25) is 5.91 Å². The van der Waals surface area contributed by atoms with Gasteiger partial charge < -0.3 is 16.0 Å². The molecule has 4 rings (SSSR count). The Balaban J connectivity index is 1.51. The molecule has 0 bridgehead atoms. The predicted octanol–water partition coefficient (Wildman–Crippen LogP) is 7.48. The Hall–Kier alpha value is -4.93. The first-order valence-corrected chi connectivity index (χ1v) is 14.9. The lowest BCUT2D eigenvalue weighted by Crippen LogP contribution is -2.30. The number of nitrogens with one attached hydrogen (secondary N) is 3. The number of nitrogens with zero attached hydrogens (tertiary/aromatic N) is 1. The monoisotopic (exact) mass is 628 g/mol. The SMILES string of the molecule is CCC(Sc1cccc(NC(=O)/C(=C\c2ccccc2Cl)NC(=O)c2ccccc2)c1)C(=O)Nc1cc([N+](=O)[O-])ccc1C. The fourth-order valence-corrected chi connectivity index (χ4v) is 5.30. The number of thioether (sulfide) groups is 1. The van der Waals surface area contributed by atoms with E-state index < -0.39 is 22.0 Å². The van der Waals surface area contributed by atoms with Crippen LogP contribution in [0, 0.1) is 17.0 Å². The molecule has 0 fully saturated rings. The molecule has 0 aliphatic carbocycles. The predicted molar refractivity (Wildman–Crippen MR) is 175 cm³/mol. The van der Waals surface area contributed by atoms with Crippen molar-refractivity contribution >= 4 is 64.2 Å². The Morgan fingerprint density at radius 3 is 2.36 bits per heavy atom. The molecule has 11 heteroatoms. The van der Waals surface area contributed by atoms with Gasteiger partial charge in [-0.2, -0.15) is 0 Å². The van der Waals surface area contributed by atoms with Crippen molar-refractivity contribution in [1.29, 1.82) is 0 Å². The number of hydrogen-bond donors (Lipinski definition) is 3. The Morgan fingerprint density at radius 1 is 0.932 bits per heavy atom. The van der Waals surface area contributed by atoms with Gasteiger partial charge in [0.15, 0.2) is 0 Å². The van der Waals surface area contributed by atoms with Gasteiger partial charge in [0.1, 0.15) is 5.70 Å². The quantitative estimate of drug-likeness (QED) is 0.0683. The van der Waals surface area contributed by atoms with E-state index in [-0.39, 0.29) is 17.3 Å². The summed E-state index contributed by atoms with van der Waals surface area (Å²) in [6, 6.07) is 26.8. The summed E-state index contributed by atoms with van der Waals surface area (Å²) in [4.78, 5) is 50.9. The van der Waals surface area contributed by atoms with Crippen molar-refractivity contribution in [3.05, 3.63) is 135 Å². The van der Waals surface area contributed by atoms with Crippen LogP contribution in [0.1, 0.15) is 34.8 Å². The van der Waals surface area contributed by atoms with Crippen LogP contribution in [0.15, 0.2) is 108 Å².